The first-order chi connectivity index (χ1) is 15.9. The average molecular weight is 469 g/mol. The summed E-state index contributed by atoms with van der Waals surface area (Å²) in [5.74, 6) is 1.33. The van der Waals surface area contributed by atoms with E-state index >= 15 is 0 Å². The number of phenols is 1. The zero-order chi connectivity index (χ0) is 25.9. The molecule has 0 bridgehead atoms. The molecule has 0 radical (unpaired) electrons. The second kappa shape index (κ2) is 13.9. The second-order valence-corrected chi connectivity index (χ2v) is 12.0. The summed E-state index contributed by atoms with van der Waals surface area (Å²) in [7, 11) is 0. The summed E-state index contributed by atoms with van der Waals surface area (Å²) < 4.78 is 0. The lowest BCUT2D eigenvalue weighted by Crippen LogP contribution is -2.26. The highest BCUT2D eigenvalue weighted by Gasteiger charge is 2.31. The summed E-state index contributed by atoms with van der Waals surface area (Å²) in [5, 5.41) is 9.82. The van der Waals surface area contributed by atoms with Gasteiger partial charge in [-0.1, -0.05) is 106 Å². The predicted octanol–water partition coefficient (Wildman–Crippen LogP) is 9.40. The van der Waals surface area contributed by atoms with Crippen LogP contribution in [-0.2, 0) is 17.6 Å². The topological polar surface area (TPSA) is 37.3 Å². The number of unbranched alkanes of at least 4 members (excludes halogenated alkanes) is 2. The molecule has 1 atom stereocenters. The lowest BCUT2D eigenvalue weighted by atomic mass is 9.72. The molecule has 1 aromatic carbocycles. The van der Waals surface area contributed by atoms with Crippen LogP contribution in [0.3, 0.4) is 0 Å². The number of hydrogen-bond donors (Lipinski definition) is 1. The normalized spacial score (nSPS) is 15.3. The number of Topliss-reactive ketones (excluding diaryl/α,β-unsaturated/α-hetero) is 1. The molecule has 2 heteroatoms. The van der Waals surface area contributed by atoms with Gasteiger partial charge >= 0.3 is 0 Å². The van der Waals surface area contributed by atoms with Crippen LogP contribution in [0.1, 0.15) is 118 Å². The molecular formula is C32H52O2. The number of carbonyl (C=O) groups is 1. The lowest BCUT2D eigenvalue weighted by molar-refractivity contribution is -0.113. The summed E-state index contributed by atoms with van der Waals surface area (Å²) in [6.45, 7) is 19.8. The van der Waals surface area contributed by atoms with Crippen molar-refractivity contribution in [3.05, 3.63) is 52.6 Å². The van der Waals surface area contributed by atoms with Gasteiger partial charge < -0.3 is 5.11 Å². The van der Waals surface area contributed by atoms with Crippen LogP contribution in [0.25, 0.3) is 0 Å². The number of ketones is 1. The van der Waals surface area contributed by atoms with Gasteiger partial charge in [-0.3, -0.25) is 4.79 Å². The van der Waals surface area contributed by atoms with Crippen LogP contribution in [0.15, 0.2) is 41.5 Å². The number of hydrogen-bond acceptors (Lipinski definition) is 2. The molecule has 1 aromatic rings. The maximum absolute atomic E-state index is 12.6. The number of carbonyl (C=O) groups excluding carboxylic acids is 1. The molecule has 1 unspecified atom stereocenters. The minimum absolute atomic E-state index is 0.0416. The van der Waals surface area contributed by atoms with E-state index in [9.17, 15) is 9.90 Å². The third kappa shape index (κ3) is 9.43. The van der Waals surface area contributed by atoms with Crippen LogP contribution >= 0.6 is 0 Å². The number of aryl methyl sites for hydroxylation is 1. The zero-order valence-corrected chi connectivity index (χ0v) is 23.7. The van der Waals surface area contributed by atoms with Crippen molar-refractivity contribution in [3.63, 3.8) is 0 Å². The first kappa shape index (κ1) is 30.2. The monoisotopic (exact) mass is 468 g/mol. The van der Waals surface area contributed by atoms with Gasteiger partial charge in [0.15, 0.2) is 5.78 Å². The van der Waals surface area contributed by atoms with Crippen molar-refractivity contribution in [1.82, 2.24) is 0 Å². The van der Waals surface area contributed by atoms with Gasteiger partial charge in [-0.15, -0.1) is 0 Å². The maximum atomic E-state index is 12.6. The minimum Gasteiger partial charge on any atom is -0.508 e. The Morgan fingerprint density at radius 2 is 1.53 bits per heavy atom. The van der Waals surface area contributed by atoms with Gasteiger partial charge in [-0.05, 0) is 78.0 Å². The van der Waals surface area contributed by atoms with Gasteiger partial charge in [0, 0.05) is 5.57 Å². The molecule has 34 heavy (non-hydrogen) atoms. The maximum Gasteiger partial charge on any atom is 0.184 e. The van der Waals surface area contributed by atoms with E-state index in [0.717, 1.165) is 49.7 Å². The molecule has 1 aliphatic rings. The van der Waals surface area contributed by atoms with E-state index in [4.69, 9.17) is 0 Å². The molecule has 1 aliphatic carbocycles. The van der Waals surface area contributed by atoms with Crippen molar-refractivity contribution in [2.24, 2.45) is 16.7 Å². The van der Waals surface area contributed by atoms with E-state index in [1.807, 2.05) is 6.07 Å². The molecule has 2 nitrogen and oxygen atoms in total. The van der Waals surface area contributed by atoms with Crippen LogP contribution in [-0.4, -0.2) is 10.9 Å². The van der Waals surface area contributed by atoms with Crippen molar-refractivity contribution in [2.45, 2.75) is 120 Å². The molecule has 0 aromatic heterocycles. The summed E-state index contributed by atoms with van der Waals surface area (Å²) in [4.78, 5) is 12.6. The average Bonchev–Trinajstić information content (AvgIpc) is 2.75. The van der Waals surface area contributed by atoms with E-state index < -0.39 is 0 Å². The van der Waals surface area contributed by atoms with E-state index in [0.29, 0.717) is 11.7 Å². The van der Waals surface area contributed by atoms with Crippen molar-refractivity contribution in [3.8, 4) is 5.75 Å². The smallest absolute Gasteiger partial charge is 0.184 e. The molecule has 0 heterocycles. The van der Waals surface area contributed by atoms with Crippen LogP contribution in [0.4, 0.5) is 0 Å². The number of phenolic OH excluding ortho intramolecular Hbond substituents is 1. The van der Waals surface area contributed by atoms with Gasteiger partial charge in [0.1, 0.15) is 5.75 Å². The molecule has 0 fully saturated rings. The lowest BCUT2D eigenvalue weighted by Gasteiger charge is -2.32. The van der Waals surface area contributed by atoms with E-state index in [1.54, 1.807) is 6.07 Å². The largest absolute Gasteiger partial charge is 0.508 e. The van der Waals surface area contributed by atoms with E-state index in [1.165, 1.54) is 30.4 Å². The summed E-state index contributed by atoms with van der Waals surface area (Å²) >= 11 is 0. The Bertz CT molecular complexity index is 828. The minimum atomic E-state index is -0.0416. The quantitative estimate of drug-likeness (QED) is 0.392. The molecule has 0 saturated heterocycles. The molecule has 2 rings (SSSR count). The Labute approximate surface area is 210 Å². The zero-order valence-electron chi connectivity index (χ0n) is 23.7. The van der Waals surface area contributed by atoms with Crippen molar-refractivity contribution in [1.29, 1.82) is 0 Å². The molecule has 0 spiro atoms. The van der Waals surface area contributed by atoms with Crippen LogP contribution in [0.5, 0.6) is 5.75 Å². The number of allylic oxidation sites excluding steroid dienone is 4. The fraction of sp³-hybridized carbons (Fsp3) is 0.656. The Morgan fingerprint density at radius 1 is 0.912 bits per heavy atom. The van der Waals surface area contributed by atoms with E-state index in [2.05, 4.69) is 80.5 Å². The molecule has 1 N–H and O–H groups in total. The van der Waals surface area contributed by atoms with Crippen molar-refractivity contribution < 1.29 is 9.90 Å². The Morgan fingerprint density at radius 3 is 2.06 bits per heavy atom. The van der Waals surface area contributed by atoms with Gasteiger partial charge in [0.25, 0.3) is 0 Å². The fourth-order valence-electron chi connectivity index (χ4n) is 4.69. The molecule has 0 amide bonds. The molecule has 0 saturated carbocycles. The molecular weight excluding hydrogens is 416 g/mol. The summed E-state index contributed by atoms with van der Waals surface area (Å²) in [5.41, 5.74) is 4.76. The molecule has 192 valence electrons. The second-order valence-electron chi connectivity index (χ2n) is 12.0. The standard InChI is InChI=1S/C18H30O.C14H22O/c1-8-14(17(2,3)4)12-13-10-9-11-15(16(13)19)18(5,6)7;1-3-5-8-12-9-7-11-14(15)13(12)10-6-4-2/h10-11,14H,8-9,12H2,1-7H3;7,9,11,15H,3-6,8,10H2,1-2H3. The Kier molecular flexibility index (Phi) is 12.4. The predicted molar refractivity (Wildman–Crippen MR) is 148 cm³/mol. The van der Waals surface area contributed by atoms with Crippen LogP contribution < -0.4 is 0 Å². The first-order valence-electron chi connectivity index (χ1n) is 13.6. The van der Waals surface area contributed by atoms with Gasteiger partial charge in [-0.25, -0.2) is 0 Å². The summed E-state index contributed by atoms with van der Waals surface area (Å²) in [6, 6.07) is 5.91. The van der Waals surface area contributed by atoms with Crippen molar-refractivity contribution >= 4 is 5.78 Å². The Balaban J connectivity index is 0.000000350. The highest BCUT2D eigenvalue weighted by Crippen LogP contribution is 2.38. The number of benzene rings is 1. The highest BCUT2D eigenvalue weighted by molar-refractivity contribution is 6.09. The Hall–Kier alpha value is -1.83. The van der Waals surface area contributed by atoms with Crippen LogP contribution in [0, 0.1) is 16.7 Å². The van der Waals surface area contributed by atoms with E-state index in [-0.39, 0.29) is 16.6 Å². The van der Waals surface area contributed by atoms with Gasteiger partial charge in [0.05, 0.1) is 0 Å². The van der Waals surface area contributed by atoms with Gasteiger partial charge in [-0.2, -0.15) is 0 Å². The first-order valence-corrected chi connectivity index (χ1v) is 13.6. The highest BCUT2D eigenvalue weighted by atomic mass is 16.3. The third-order valence-corrected chi connectivity index (χ3v) is 7.04. The van der Waals surface area contributed by atoms with Crippen LogP contribution in [0.2, 0.25) is 0 Å². The van der Waals surface area contributed by atoms with Crippen molar-refractivity contribution in [2.75, 3.05) is 0 Å². The number of rotatable bonds is 9. The fourth-order valence-corrected chi connectivity index (χ4v) is 4.69. The van der Waals surface area contributed by atoms with Gasteiger partial charge in [0.2, 0.25) is 0 Å². The number of aromatic hydroxyl groups is 1. The summed E-state index contributed by atoms with van der Waals surface area (Å²) in [6.07, 6.45) is 14.1. The third-order valence-electron chi connectivity index (χ3n) is 7.04. The molecule has 0 aliphatic heterocycles. The SMILES string of the molecule is CCC(CC1=CCC=C(C(C)(C)C)C1=O)C(C)(C)C.CCCCc1cccc(O)c1CCCC.